The largest absolute Gasteiger partial charge is 0.444 e. The van der Waals surface area contributed by atoms with E-state index in [1.165, 1.54) is 11.6 Å². The van der Waals surface area contributed by atoms with Crippen LogP contribution in [0.1, 0.15) is 64.7 Å². The lowest BCUT2D eigenvalue weighted by Gasteiger charge is -2.34. The molecule has 1 saturated heterocycles. The van der Waals surface area contributed by atoms with Gasteiger partial charge in [-0.1, -0.05) is 38.1 Å². The summed E-state index contributed by atoms with van der Waals surface area (Å²) in [7, 11) is 1.52. The molecule has 4 rings (SSSR count). The molecule has 2 aromatic heterocycles. The Bertz CT molecular complexity index is 1740. The number of ketones is 1. The molecule has 242 valence electrons. The zero-order valence-electron chi connectivity index (χ0n) is 27.0. The van der Waals surface area contributed by atoms with E-state index in [1.807, 2.05) is 24.0 Å². The molecule has 2 amide bonds. The predicted octanol–water partition coefficient (Wildman–Crippen LogP) is 3.44. The Labute approximate surface area is 261 Å². The van der Waals surface area contributed by atoms with Crippen LogP contribution in [0.2, 0.25) is 0 Å². The van der Waals surface area contributed by atoms with Crippen molar-refractivity contribution in [1.29, 1.82) is 0 Å². The molecule has 1 aliphatic heterocycles. The maximum absolute atomic E-state index is 14.0. The van der Waals surface area contributed by atoms with Crippen LogP contribution >= 0.6 is 0 Å². The summed E-state index contributed by atoms with van der Waals surface area (Å²) in [6, 6.07) is 6.31. The van der Waals surface area contributed by atoms with Crippen molar-refractivity contribution in [2.45, 2.75) is 79.1 Å². The van der Waals surface area contributed by atoms with Crippen molar-refractivity contribution in [2.75, 3.05) is 23.3 Å². The van der Waals surface area contributed by atoms with E-state index in [4.69, 9.17) is 9.72 Å². The van der Waals surface area contributed by atoms with Gasteiger partial charge in [-0.05, 0) is 52.7 Å². The molecule has 0 spiro atoms. The molecule has 1 aromatic carbocycles. The van der Waals surface area contributed by atoms with Crippen LogP contribution < -0.4 is 26.8 Å². The van der Waals surface area contributed by atoms with Gasteiger partial charge in [0.1, 0.15) is 5.60 Å². The van der Waals surface area contributed by atoms with E-state index >= 15 is 0 Å². The molecular formula is C32H43N7O6. The van der Waals surface area contributed by atoms with Gasteiger partial charge in [0.15, 0.2) is 16.9 Å². The van der Waals surface area contributed by atoms with Gasteiger partial charge in [0, 0.05) is 44.2 Å². The molecule has 13 nitrogen and oxygen atoms in total. The molecule has 2 N–H and O–H groups in total. The number of hydrogen-bond acceptors (Lipinski definition) is 8. The molecule has 0 bridgehead atoms. The SMILES string of the molecule is C/C=C/Cn1c(N2CCC[C@H](NC(=O)OC(C)(C)C)C2)nc2c1c(=O)n(CC(=O)c1ccccc1NC(=O)C(C)C)c(=O)n2C. The highest BCUT2D eigenvalue weighted by atomic mass is 16.6. The average Bonchev–Trinajstić information content (AvgIpc) is 3.36. The van der Waals surface area contributed by atoms with Gasteiger partial charge in [0.05, 0.1) is 12.2 Å². The summed E-state index contributed by atoms with van der Waals surface area (Å²) in [6.07, 6.45) is 4.73. The van der Waals surface area contributed by atoms with E-state index in [2.05, 4.69) is 10.6 Å². The van der Waals surface area contributed by atoms with E-state index in [0.29, 0.717) is 31.3 Å². The van der Waals surface area contributed by atoms with E-state index in [-0.39, 0.29) is 34.6 Å². The number of piperidine rings is 1. The number of aromatic nitrogens is 4. The number of ether oxygens (including phenoxy) is 1. The third-order valence-corrected chi connectivity index (χ3v) is 7.47. The summed E-state index contributed by atoms with van der Waals surface area (Å²) in [5, 5.41) is 5.69. The molecule has 1 aliphatic rings. The second-order valence-electron chi connectivity index (χ2n) is 12.5. The molecule has 3 aromatic rings. The van der Waals surface area contributed by atoms with Crippen LogP contribution in [0, 0.1) is 5.92 Å². The van der Waals surface area contributed by atoms with Crippen LogP contribution in [0.5, 0.6) is 0 Å². The number of para-hydroxylation sites is 1. The normalized spacial score (nSPS) is 15.6. The fraction of sp³-hybridized carbons (Fsp3) is 0.500. The standard InChI is InChI=1S/C32H43N7O6/c1-8-9-17-38-25-26(35-29(38)37-16-12-13-21(18-37)33-30(43)45-32(4,5)6)36(7)31(44)39(28(25)42)19-24(40)22-14-10-11-15-23(22)34-27(41)20(2)3/h8-11,14-15,20-21H,12-13,16-19H2,1-7H3,(H,33,43)(H,34,41)/b9-8+/t21-/m0/s1. The number of anilines is 2. The number of fused-ring (bicyclic) bond motifs is 1. The number of carbonyl (C=O) groups excluding carboxylic acids is 3. The molecule has 1 atom stereocenters. The first-order valence-electron chi connectivity index (χ1n) is 15.2. The predicted molar refractivity (Wildman–Crippen MR) is 173 cm³/mol. The zero-order valence-corrected chi connectivity index (χ0v) is 27.0. The minimum absolute atomic E-state index is 0.182. The summed E-state index contributed by atoms with van der Waals surface area (Å²) >= 11 is 0. The van der Waals surface area contributed by atoms with Crippen LogP contribution in [-0.4, -0.2) is 61.2 Å². The molecule has 0 saturated carbocycles. The van der Waals surface area contributed by atoms with Gasteiger partial charge in [0.25, 0.3) is 5.56 Å². The Kier molecular flexibility index (Phi) is 9.99. The summed E-state index contributed by atoms with van der Waals surface area (Å²) in [6.45, 7) is 11.6. The Morgan fingerprint density at radius 1 is 1.13 bits per heavy atom. The van der Waals surface area contributed by atoms with Crippen molar-refractivity contribution in [3.8, 4) is 0 Å². The summed E-state index contributed by atoms with van der Waals surface area (Å²) in [4.78, 5) is 72.6. The van der Waals surface area contributed by atoms with Gasteiger partial charge in [-0.3, -0.25) is 23.5 Å². The minimum Gasteiger partial charge on any atom is -0.444 e. The molecule has 1 fully saturated rings. The third-order valence-electron chi connectivity index (χ3n) is 7.47. The molecule has 0 aliphatic carbocycles. The highest BCUT2D eigenvalue weighted by Gasteiger charge is 2.29. The van der Waals surface area contributed by atoms with Crippen LogP contribution in [0.4, 0.5) is 16.4 Å². The van der Waals surface area contributed by atoms with Crippen LogP contribution in [0.3, 0.4) is 0 Å². The van der Waals surface area contributed by atoms with Gasteiger partial charge in [-0.2, -0.15) is 4.98 Å². The lowest BCUT2D eigenvalue weighted by atomic mass is 10.1. The Hall–Kier alpha value is -4.68. The van der Waals surface area contributed by atoms with E-state index in [1.54, 1.807) is 63.5 Å². The van der Waals surface area contributed by atoms with Crippen LogP contribution in [-0.2, 0) is 29.7 Å². The van der Waals surface area contributed by atoms with Crippen molar-refractivity contribution in [3.63, 3.8) is 0 Å². The van der Waals surface area contributed by atoms with Crippen LogP contribution in [0.15, 0.2) is 46.0 Å². The number of nitrogens with zero attached hydrogens (tertiary/aromatic N) is 5. The number of aryl methyl sites for hydroxylation is 1. The molecule has 45 heavy (non-hydrogen) atoms. The number of rotatable bonds is 9. The third kappa shape index (κ3) is 7.52. The van der Waals surface area contributed by atoms with E-state index in [9.17, 15) is 24.0 Å². The van der Waals surface area contributed by atoms with Crippen molar-refractivity contribution in [2.24, 2.45) is 13.0 Å². The molecule has 3 heterocycles. The minimum atomic E-state index is -0.685. The summed E-state index contributed by atoms with van der Waals surface area (Å²) in [5.41, 5.74) is -1.08. The van der Waals surface area contributed by atoms with E-state index < -0.39 is 35.3 Å². The maximum atomic E-state index is 14.0. The number of allylic oxidation sites excluding steroid dienone is 2. The van der Waals surface area contributed by atoms with Crippen LogP contribution in [0.25, 0.3) is 11.2 Å². The van der Waals surface area contributed by atoms with Gasteiger partial charge < -0.3 is 24.8 Å². The first-order chi connectivity index (χ1) is 21.2. The monoisotopic (exact) mass is 621 g/mol. The number of carbonyl (C=O) groups is 3. The smallest absolute Gasteiger partial charge is 0.407 e. The highest BCUT2D eigenvalue weighted by Crippen LogP contribution is 2.24. The number of nitrogens with one attached hydrogen (secondary N) is 2. The van der Waals surface area contributed by atoms with Gasteiger partial charge in [-0.15, -0.1) is 0 Å². The number of benzene rings is 1. The molecule has 0 unspecified atom stereocenters. The van der Waals surface area contributed by atoms with Crippen molar-refractivity contribution in [1.82, 2.24) is 24.0 Å². The Morgan fingerprint density at radius 2 is 1.84 bits per heavy atom. The van der Waals surface area contributed by atoms with Crippen molar-refractivity contribution < 1.29 is 19.1 Å². The number of alkyl carbamates (subject to hydrolysis) is 1. The molecule has 0 radical (unpaired) electrons. The zero-order chi connectivity index (χ0) is 33.1. The second kappa shape index (κ2) is 13.5. The first kappa shape index (κ1) is 33.2. The number of Topliss-reactive ketones (excluding diaryl/α,β-unsaturated/α-hetero) is 1. The summed E-state index contributed by atoms with van der Waals surface area (Å²) in [5.74, 6) is -0.580. The molecule has 13 heteroatoms. The fourth-order valence-electron chi connectivity index (χ4n) is 5.22. The quantitative estimate of drug-likeness (QED) is 0.273. The lowest BCUT2D eigenvalue weighted by molar-refractivity contribution is -0.118. The van der Waals surface area contributed by atoms with Gasteiger partial charge >= 0.3 is 11.8 Å². The second-order valence-corrected chi connectivity index (χ2v) is 12.5. The van der Waals surface area contributed by atoms with Crippen molar-refractivity contribution in [3.05, 3.63) is 62.8 Å². The first-order valence-corrected chi connectivity index (χ1v) is 15.2. The number of amides is 2. The Morgan fingerprint density at radius 3 is 2.51 bits per heavy atom. The van der Waals surface area contributed by atoms with Gasteiger partial charge in [0.2, 0.25) is 11.9 Å². The van der Waals surface area contributed by atoms with Gasteiger partial charge in [-0.25, -0.2) is 9.59 Å². The lowest BCUT2D eigenvalue weighted by Crippen LogP contribution is -2.49. The topological polar surface area (TPSA) is 150 Å². The number of hydrogen-bond donors (Lipinski definition) is 2. The highest BCUT2D eigenvalue weighted by molar-refractivity contribution is 6.05. The average molecular weight is 622 g/mol. The maximum Gasteiger partial charge on any atom is 0.407 e. The fourth-order valence-corrected chi connectivity index (χ4v) is 5.22. The Balaban J connectivity index is 1.73. The summed E-state index contributed by atoms with van der Waals surface area (Å²) < 4.78 is 9.36. The number of imidazole rings is 1. The van der Waals surface area contributed by atoms with Crippen molar-refractivity contribution >= 4 is 40.6 Å². The van der Waals surface area contributed by atoms with E-state index in [0.717, 1.165) is 17.4 Å². The molecular weight excluding hydrogens is 578 g/mol.